The molecule has 1 aromatic carbocycles. The van der Waals surface area contributed by atoms with E-state index in [-0.39, 0.29) is 5.60 Å². The lowest BCUT2D eigenvalue weighted by molar-refractivity contribution is -0.00754. The highest BCUT2D eigenvalue weighted by Gasteiger charge is 2.35. The predicted octanol–water partition coefficient (Wildman–Crippen LogP) is 3.71. The first-order valence-corrected chi connectivity index (χ1v) is 6.16. The number of hydrogen-bond donors (Lipinski definition) is 0. The number of rotatable bonds is 4. The Bertz CT molecular complexity index is 291. The third-order valence-electron chi connectivity index (χ3n) is 3.12. The average molecular weight is 225 g/mol. The van der Waals surface area contributed by atoms with Crippen LogP contribution < -0.4 is 0 Å². The standard InChI is InChI=1S/C13H17ClO/c14-10-4-8-13(9-5-11-15-13)12-6-2-1-3-7-12/h1-3,6-7H,4-5,8-11H2/t13-/m0/s1. The Kier molecular flexibility index (Phi) is 3.66. The minimum atomic E-state index is -0.0455. The fourth-order valence-corrected chi connectivity index (χ4v) is 2.49. The SMILES string of the molecule is ClCCC[C@@]1(c2ccccc2)CCCO1. The van der Waals surface area contributed by atoms with Crippen molar-refractivity contribution in [3.05, 3.63) is 35.9 Å². The van der Waals surface area contributed by atoms with Crippen LogP contribution in [0, 0.1) is 0 Å². The van der Waals surface area contributed by atoms with Crippen molar-refractivity contribution in [2.45, 2.75) is 31.3 Å². The van der Waals surface area contributed by atoms with Crippen molar-refractivity contribution in [2.24, 2.45) is 0 Å². The molecule has 0 bridgehead atoms. The van der Waals surface area contributed by atoms with Gasteiger partial charge in [-0.15, -0.1) is 11.6 Å². The minimum Gasteiger partial charge on any atom is -0.370 e. The van der Waals surface area contributed by atoms with Crippen molar-refractivity contribution >= 4 is 11.6 Å². The second-order valence-corrected chi connectivity index (χ2v) is 4.48. The van der Waals surface area contributed by atoms with Crippen LogP contribution in [0.25, 0.3) is 0 Å². The van der Waals surface area contributed by atoms with Crippen LogP contribution in [0.3, 0.4) is 0 Å². The van der Waals surface area contributed by atoms with Crippen LogP contribution in [0.1, 0.15) is 31.2 Å². The van der Waals surface area contributed by atoms with Crippen LogP contribution in [0.5, 0.6) is 0 Å². The average Bonchev–Trinajstić information content (AvgIpc) is 2.78. The van der Waals surface area contributed by atoms with Gasteiger partial charge in [-0.25, -0.2) is 0 Å². The molecule has 1 heterocycles. The Morgan fingerprint density at radius 1 is 1.27 bits per heavy atom. The Hall–Kier alpha value is -0.530. The van der Waals surface area contributed by atoms with E-state index in [1.807, 2.05) is 6.07 Å². The molecule has 2 heteroatoms. The van der Waals surface area contributed by atoms with Crippen molar-refractivity contribution in [2.75, 3.05) is 12.5 Å². The summed E-state index contributed by atoms with van der Waals surface area (Å²) in [6.07, 6.45) is 4.36. The van der Waals surface area contributed by atoms with Crippen molar-refractivity contribution in [3.63, 3.8) is 0 Å². The van der Waals surface area contributed by atoms with Gasteiger partial charge in [-0.05, 0) is 31.2 Å². The van der Waals surface area contributed by atoms with Gasteiger partial charge in [0.2, 0.25) is 0 Å². The van der Waals surface area contributed by atoms with Crippen LogP contribution >= 0.6 is 11.6 Å². The van der Waals surface area contributed by atoms with E-state index >= 15 is 0 Å². The maximum atomic E-state index is 5.97. The first-order valence-electron chi connectivity index (χ1n) is 5.63. The van der Waals surface area contributed by atoms with E-state index in [9.17, 15) is 0 Å². The van der Waals surface area contributed by atoms with Crippen LogP contribution in [0.2, 0.25) is 0 Å². The highest BCUT2D eigenvalue weighted by Crippen LogP contribution is 2.39. The van der Waals surface area contributed by atoms with Crippen LogP contribution in [-0.4, -0.2) is 12.5 Å². The number of alkyl halides is 1. The molecule has 0 N–H and O–H groups in total. The van der Waals surface area contributed by atoms with E-state index in [1.165, 1.54) is 5.56 Å². The van der Waals surface area contributed by atoms with E-state index in [4.69, 9.17) is 16.3 Å². The lowest BCUT2D eigenvalue weighted by Crippen LogP contribution is -2.24. The quantitative estimate of drug-likeness (QED) is 0.709. The van der Waals surface area contributed by atoms with Gasteiger partial charge in [0.25, 0.3) is 0 Å². The highest BCUT2D eigenvalue weighted by molar-refractivity contribution is 6.17. The van der Waals surface area contributed by atoms with Crippen LogP contribution in [0.4, 0.5) is 0 Å². The summed E-state index contributed by atoms with van der Waals surface area (Å²) in [5, 5.41) is 0. The van der Waals surface area contributed by atoms with Crippen molar-refractivity contribution in [1.82, 2.24) is 0 Å². The molecule has 0 radical (unpaired) electrons. The third-order valence-corrected chi connectivity index (χ3v) is 3.38. The summed E-state index contributed by atoms with van der Waals surface area (Å²) in [4.78, 5) is 0. The summed E-state index contributed by atoms with van der Waals surface area (Å²) >= 11 is 5.77. The topological polar surface area (TPSA) is 9.23 Å². The van der Waals surface area contributed by atoms with Gasteiger partial charge in [0.05, 0.1) is 5.60 Å². The summed E-state index contributed by atoms with van der Waals surface area (Å²) in [6, 6.07) is 10.5. The van der Waals surface area contributed by atoms with E-state index in [1.54, 1.807) is 0 Å². The smallest absolute Gasteiger partial charge is 0.0932 e. The van der Waals surface area contributed by atoms with Gasteiger partial charge in [-0.3, -0.25) is 0 Å². The molecule has 1 nitrogen and oxygen atoms in total. The molecule has 2 rings (SSSR count). The molecular formula is C13H17ClO. The van der Waals surface area contributed by atoms with Gasteiger partial charge in [-0.1, -0.05) is 30.3 Å². The predicted molar refractivity (Wildman–Crippen MR) is 63.3 cm³/mol. The molecule has 0 aliphatic carbocycles. The molecule has 1 aliphatic heterocycles. The molecule has 1 aliphatic rings. The minimum absolute atomic E-state index is 0.0455. The van der Waals surface area contributed by atoms with Crippen molar-refractivity contribution in [3.8, 4) is 0 Å². The normalized spacial score (nSPS) is 25.7. The number of hydrogen-bond acceptors (Lipinski definition) is 1. The molecule has 1 atom stereocenters. The van der Waals surface area contributed by atoms with E-state index in [2.05, 4.69) is 24.3 Å². The molecule has 15 heavy (non-hydrogen) atoms. The van der Waals surface area contributed by atoms with E-state index in [0.29, 0.717) is 0 Å². The molecule has 0 spiro atoms. The Morgan fingerprint density at radius 2 is 2.07 bits per heavy atom. The second kappa shape index (κ2) is 5.00. The fourth-order valence-electron chi connectivity index (χ4n) is 2.36. The molecule has 82 valence electrons. The van der Waals surface area contributed by atoms with Gasteiger partial charge in [0.15, 0.2) is 0 Å². The molecular weight excluding hydrogens is 208 g/mol. The molecule has 0 aromatic heterocycles. The van der Waals surface area contributed by atoms with Gasteiger partial charge in [0.1, 0.15) is 0 Å². The fraction of sp³-hybridized carbons (Fsp3) is 0.538. The lowest BCUT2D eigenvalue weighted by Gasteiger charge is -2.28. The summed E-state index contributed by atoms with van der Waals surface area (Å²) in [5.41, 5.74) is 1.27. The van der Waals surface area contributed by atoms with E-state index in [0.717, 1.165) is 38.2 Å². The van der Waals surface area contributed by atoms with Gasteiger partial charge < -0.3 is 4.74 Å². The summed E-state index contributed by atoms with van der Waals surface area (Å²) in [7, 11) is 0. The maximum absolute atomic E-state index is 5.97. The van der Waals surface area contributed by atoms with E-state index < -0.39 is 0 Å². The van der Waals surface area contributed by atoms with Crippen LogP contribution in [0.15, 0.2) is 30.3 Å². The molecule has 1 fully saturated rings. The first kappa shape index (κ1) is 11.0. The first-order chi connectivity index (χ1) is 7.37. The Labute approximate surface area is 96.4 Å². The third kappa shape index (κ3) is 2.35. The van der Waals surface area contributed by atoms with Gasteiger partial charge >= 0.3 is 0 Å². The number of benzene rings is 1. The van der Waals surface area contributed by atoms with Crippen molar-refractivity contribution in [1.29, 1.82) is 0 Å². The lowest BCUT2D eigenvalue weighted by atomic mass is 9.87. The molecule has 1 aromatic rings. The number of halogens is 1. The number of ether oxygens (including phenoxy) is 1. The summed E-state index contributed by atoms with van der Waals surface area (Å²) < 4.78 is 5.97. The second-order valence-electron chi connectivity index (χ2n) is 4.10. The maximum Gasteiger partial charge on any atom is 0.0932 e. The van der Waals surface area contributed by atoms with Crippen LogP contribution in [-0.2, 0) is 10.3 Å². The molecule has 0 saturated carbocycles. The molecule has 0 amide bonds. The molecule has 0 unspecified atom stereocenters. The van der Waals surface area contributed by atoms with Gasteiger partial charge in [0, 0.05) is 12.5 Å². The summed E-state index contributed by atoms with van der Waals surface area (Å²) in [6.45, 7) is 0.886. The monoisotopic (exact) mass is 224 g/mol. The van der Waals surface area contributed by atoms with Gasteiger partial charge in [-0.2, -0.15) is 0 Å². The Morgan fingerprint density at radius 3 is 2.67 bits per heavy atom. The van der Waals surface area contributed by atoms with Crippen molar-refractivity contribution < 1.29 is 4.74 Å². The largest absolute Gasteiger partial charge is 0.370 e. The summed E-state index contributed by atoms with van der Waals surface area (Å²) in [5.74, 6) is 0.720. The zero-order valence-electron chi connectivity index (χ0n) is 8.92. The Balaban J connectivity index is 2.19. The highest BCUT2D eigenvalue weighted by atomic mass is 35.5. The zero-order chi connectivity index (χ0) is 10.6. The molecule has 1 saturated heterocycles. The zero-order valence-corrected chi connectivity index (χ0v) is 9.67.